The Balaban J connectivity index is 1.73. The highest BCUT2D eigenvalue weighted by Crippen LogP contribution is 2.14. The molecule has 134 valence electrons. The summed E-state index contributed by atoms with van der Waals surface area (Å²) in [5.41, 5.74) is 0. The third-order valence-corrected chi connectivity index (χ3v) is 4.77. The van der Waals surface area contributed by atoms with Gasteiger partial charge in [0.1, 0.15) is 12.4 Å². The fraction of sp³-hybridized carbons (Fsp3) is 0.857. The molecule has 23 heavy (non-hydrogen) atoms. The highest BCUT2D eigenvalue weighted by atomic mass is 15.1. The molecule has 1 aromatic rings. The number of hydrogen-bond acceptors (Lipinski definition) is 0. The van der Waals surface area contributed by atoms with E-state index in [1.54, 1.807) is 0 Å². The van der Waals surface area contributed by atoms with Crippen molar-refractivity contribution >= 4 is 0 Å². The van der Waals surface area contributed by atoms with E-state index in [0.29, 0.717) is 0 Å². The van der Waals surface area contributed by atoms with Crippen molar-refractivity contribution in [3.8, 4) is 0 Å². The zero-order valence-electron chi connectivity index (χ0n) is 16.1. The second-order valence-electron chi connectivity index (χ2n) is 7.74. The van der Waals surface area contributed by atoms with Crippen LogP contribution in [-0.2, 0) is 13.6 Å². The molecule has 0 spiro atoms. The lowest BCUT2D eigenvalue weighted by Gasteiger charge is -2.04. The standard InChI is InChI=1S/C21H41N2/c1-21(2)16-14-12-10-8-6-4-5-7-9-11-13-15-17-23-19-18-22(3)20-23/h18-21H,4-17H2,1-3H3/q+1. The summed E-state index contributed by atoms with van der Waals surface area (Å²) in [6.07, 6.45) is 25.1. The van der Waals surface area contributed by atoms with Crippen LogP contribution in [0.15, 0.2) is 18.7 Å². The third kappa shape index (κ3) is 12.3. The van der Waals surface area contributed by atoms with Crippen molar-refractivity contribution in [1.29, 1.82) is 0 Å². The quantitative estimate of drug-likeness (QED) is 0.275. The monoisotopic (exact) mass is 321 g/mol. The average Bonchev–Trinajstić information content (AvgIpc) is 2.93. The molecule has 1 aromatic heterocycles. The van der Waals surface area contributed by atoms with Crippen LogP contribution in [0.1, 0.15) is 97.3 Å². The molecule has 0 aromatic carbocycles. The molecule has 0 aliphatic rings. The van der Waals surface area contributed by atoms with Crippen molar-refractivity contribution in [3.05, 3.63) is 18.7 Å². The van der Waals surface area contributed by atoms with Gasteiger partial charge in [0.15, 0.2) is 0 Å². The van der Waals surface area contributed by atoms with Crippen LogP contribution < -0.4 is 4.57 Å². The minimum atomic E-state index is 0.890. The Morgan fingerprint density at radius 1 is 0.739 bits per heavy atom. The van der Waals surface area contributed by atoms with E-state index < -0.39 is 0 Å². The number of hydrogen-bond donors (Lipinski definition) is 0. The van der Waals surface area contributed by atoms with E-state index in [0.717, 1.165) is 5.92 Å². The topological polar surface area (TPSA) is 8.81 Å². The molecule has 0 unspecified atom stereocenters. The number of nitrogens with zero attached hydrogens (tertiary/aromatic N) is 2. The molecule has 0 N–H and O–H groups in total. The number of aromatic nitrogens is 2. The Bertz CT molecular complexity index is 368. The van der Waals surface area contributed by atoms with Crippen molar-refractivity contribution < 1.29 is 4.57 Å². The summed E-state index contributed by atoms with van der Waals surface area (Å²) in [5.74, 6) is 0.890. The zero-order chi connectivity index (χ0) is 16.8. The molecule has 0 radical (unpaired) electrons. The van der Waals surface area contributed by atoms with Crippen molar-refractivity contribution in [2.75, 3.05) is 0 Å². The van der Waals surface area contributed by atoms with Crippen LogP contribution in [0.2, 0.25) is 0 Å². The second kappa shape index (κ2) is 13.6. The molecular formula is C21H41N2+. The van der Waals surface area contributed by atoms with Gasteiger partial charge in [0.2, 0.25) is 6.33 Å². The highest BCUT2D eigenvalue weighted by molar-refractivity contribution is 4.62. The maximum atomic E-state index is 2.33. The minimum Gasteiger partial charge on any atom is -0.240 e. The van der Waals surface area contributed by atoms with E-state index >= 15 is 0 Å². The number of rotatable bonds is 15. The Morgan fingerprint density at radius 3 is 1.65 bits per heavy atom. The van der Waals surface area contributed by atoms with Crippen LogP contribution in [-0.4, -0.2) is 4.57 Å². The van der Waals surface area contributed by atoms with E-state index in [2.05, 4.69) is 48.8 Å². The Morgan fingerprint density at radius 2 is 1.22 bits per heavy atom. The van der Waals surface area contributed by atoms with Gasteiger partial charge in [0.05, 0.1) is 13.6 Å². The van der Waals surface area contributed by atoms with Gasteiger partial charge in [-0.15, -0.1) is 0 Å². The second-order valence-corrected chi connectivity index (χ2v) is 7.74. The van der Waals surface area contributed by atoms with Crippen LogP contribution in [0.25, 0.3) is 0 Å². The summed E-state index contributed by atoms with van der Waals surface area (Å²) >= 11 is 0. The SMILES string of the molecule is CC(C)CCCCCCCCCCCCCC[n+]1ccn(C)c1. The number of aryl methyl sites for hydroxylation is 2. The number of unbranched alkanes of at least 4 members (excludes halogenated alkanes) is 11. The van der Waals surface area contributed by atoms with E-state index in [-0.39, 0.29) is 0 Å². The van der Waals surface area contributed by atoms with Crippen LogP contribution in [0.5, 0.6) is 0 Å². The Kier molecular flexibility index (Phi) is 12.0. The van der Waals surface area contributed by atoms with Crippen LogP contribution in [0, 0.1) is 5.92 Å². The molecular weight excluding hydrogens is 280 g/mol. The summed E-state index contributed by atoms with van der Waals surface area (Å²) < 4.78 is 4.41. The largest absolute Gasteiger partial charge is 0.243 e. The van der Waals surface area contributed by atoms with Gasteiger partial charge in [0, 0.05) is 0 Å². The summed E-state index contributed by atoms with van der Waals surface area (Å²) in [4.78, 5) is 0. The fourth-order valence-electron chi connectivity index (χ4n) is 3.25. The molecule has 1 heterocycles. The van der Waals surface area contributed by atoms with Gasteiger partial charge in [-0.05, 0) is 18.8 Å². The predicted molar refractivity (Wildman–Crippen MR) is 100 cm³/mol. The zero-order valence-corrected chi connectivity index (χ0v) is 16.1. The first-order chi connectivity index (χ1) is 11.2. The third-order valence-electron chi connectivity index (χ3n) is 4.77. The first-order valence-corrected chi connectivity index (χ1v) is 10.2. The fourth-order valence-corrected chi connectivity index (χ4v) is 3.25. The molecule has 0 fully saturated rings. The molecule has 1 rings (SSSR count). The van der Waals surface area contributed by atoms with Crippen molar-refractivity contribution in [1.82, 2.24) is 4.57 Å². The van der Waals surface area contributed by atoms with E-state index in [9.17, 15) is 0 Å². The molecule has 0 atom stereocenters. The van der Waals surface area contributed by atoms with Crippen LogP contribution >= 0.6 is 0 Å². The summed E-state index contributed by atoms with van der Waals surface area (Å²) in [6.45, 7) is 5.85. The van der Waals surface area contributed by atoms with Gasteiger partial charge >= 0.3 is 0 Å². The van der Waals surface area contributed by atoms with Crippen molar-refractivity contribution in [2.45, 2.75) is 104 Å². The van der Waals surface area contributed by atoms with Gasteiger partial charge in [-0.2, -0.15) is 0 Å². The van der Waals surface area contributed by atoms with E-state index in [4.69, 9.17) is 0 Å². The normalized spacial score (nSPS) is 11.5. The lowest BCUT2D eigenvalue weighted by molar-refractivity contribution is -0.696. The molecule has 0 aliphatic heterocycles. The average molecular weight is 322 g/mol. The van der Waals surface area contributed by atoms with Gasteiger partial charge in [-0.25, -0.2) is 9.13 Å². The highest BCUT2D eigenvalue weighted by Gasteiger charge is 1.99. The Labute approximate surface area is 145 Å². The van der Waals surface area contributed by atoms with Gasteiger partial charge in [0.25, 0.3) is 0 Å². The maximum absolute atomic E-state index is 2.33. The maximum Gasteiger partial charge on any atom is 0.243 e. The molecule has 2 heteroatoms. The lowest BCUT2D eigenvalue weighted by atomic mass is 10.0. The van der Waals surface area contributed by atoms with E-state index in [1.165, 1.54) is 90.0 Å². The number of imidazole rings is 1. The van der Waals surface area contributed by atoms with Gasteiger partial charge < -0.3 is 0 Å². The van der Waals surface area contributed by atoms with Gasteiger partial charge in [-0.3, -0.25) is 0 Å². The molecule has 0 saturated carbocycles. The first-order valence-electron chi connectivity index (χ1n) is 10.2. The van der Waals surface area contributed by atoms with Crippen molar-refractivity contribution in [3.63, 3.8) is 0 Å². The van der Waals surface area contributed by atoms with E-state index in [1.807, 2.05) is 0 Å². The van der Waals surface area contributed by atoms with Crippen LogP contribution in [0.4, 0.5) is 0 Å². The molecule has 0 bridgehead atoms. The predicted octanol–water partition coefficient (Wildman–Crippen LogP) is 6.04. The van der Waals surface area contributed by atoms with Gasteiger partial charge in [-0.1, -0.05) is 84.5 Å². The summed E-state index contributed by atoms with van der Waals surface area (Å²) in [5, 5.41) is 0. The summed E-state index contributed by atoms with van der Waals surface area (Å²) in [6, 6.07) is 0. The lowest BCUT2D eigenvalue weighted by Crippen LogP contribution is -2.30. The molecule has 0 amide bonds. The van der Waals surface area contributed by atoms with Crippen molar-refractivity contribution in [2.24, 2.45) is 13.0 Å². The smallest absolute Gasteiger partial charge is 0.240 e. The molecule has 2 nitrogen and oxygen atoms in total. The molecule has 0 aliphatic carbocycles. The van der Waals surface area contributed by atoms with Crippen LogP contribution in [0.3, 0.4) is 0 Å². The molecule has 0 saturated heterocycles. The first kappa shape index (κ1) is 20.3. The Hall–Kier alpha value is -0.790. The summed E-state index contributed by atoms with van der Waals surface area (Å²) in [7, 11) is 2.09. The minimum absolute atomic E-state index is 0.890.